The van der Waals surface area contributed by atoms with Gasteiger partial charge in [-0.3, -0.25) is 4.98 Å². The van der Waals surface area contributed by atoms with E-state index in [9.17, 15) is 18.3 Å². The zero-order valence-corrected chi connectivity index (χ0v) is 12.7. The van der Waals surface area contributed by atoms with Gasteiger partial charge >= 0.3 is 6.36 Å². The fraction of sp³-hybridized carbons (Fsp3) is 0.333. The van der Waals surface area contributed by atoms with Crippen molar-refractivity contribution in [3.63, 3.8) is 0 Å². The van der Waals surface area contributed by atoms with Gasteiger partial charge in [0.05, 0.1) is 25.1 Å². The van der Waals surface area contributed by atoms with Gasteiger partial charge in [-0.15, -0.1) is 13.2 Å². The van der Waals surface area contributed by atoms with E-state index < -0.39 is 12.5 Å². The van der Waals surface area contributed by atoms with E-state index >= 15 is 0 Å². The molecule has 0 aliphatic carbocycles. The molecule has 130 valence electrons. The van der Waals surface area contributed by atoms with Crippen LogP contribution in [0.5, 0.6) is 11.6 Å². The Bertz CT molecular complexity index is 650. The molecular weight excluding hydrogens is 327 g/mol. The van der Waals surface area contributed by atoms with Crippen LogP contribution < -0.4 is 14.8 Å². The molecule has 0 aliphatic heterocycles. The van der Waals surface area contributed by atoms with Crippen LogP contribution in [0, 0.1) is 0 Å². The number of aromatic nitrogens is 2. The largest absolute Gasteiger partial charge is 0.573 e. The third kappa shape index (κ3) is 5.67. The number of alkyl halides is 3. The fourth-order valence-electron chi connectivity index (χ4n) is 1.92. The highest BCUT2D eigenvalue weighted by molar-refractivity contribution is 5.28. The molecule has 1 aromatic carbocycles. The number of aliphatic hydroxyl groups excluding tert-OH is 1. The molecule has 0 spiro atoms. The summed E-state index contributed by atoms with van der Waals surface area (Å²) < 4.78 is 45.0. The molecule has 0 radical (unpaired) electrons. The molecule has 0 saturated heterocycles. The fourth-order valence-corrected chi connectivity index (χ4v) is 1.92. The minimum absolute atomic E-state index is 0.193. The molecule has 0 bridgehead atoms. The smallest absolute Gasteiger partial charge is 0.480 e. The molecule has 1 aromatic heterocycles. The second-order valence-electron chi connectivity index (χ2n) is 4.82. The van der Waals surface area contributed by atoms with E-state index in [1.54, 1.807) is 6.20 Å². The molecule has 24 heavy (non-hydrogen) atoms. The van der Waals surface area contributed by atoms with Crippen molar-refractivity contribution in [1.29, 1.82) is 0 Å². The van der Waals surface area contributed by atoms with Gasteiger partial charge in [0.25, 0.3) is 0 Å². The number of methoxy groups -OCH3 is 1. The first kappa shape index (κ1) is 18.0. The number of hydrogen-bond donors (Lipinski definition) is 2. The van der Waals surface area contributed by atoms with Crippen molar-refractivity contribution in [3.05, 3.63) is 47.9 Å². The maximum absolute atomic E-state index is 12.1. The van der Waals surface area contributed by atoms with Crippen molar-refractivity contribution < 1.29 is 27.8 Å². The molecule has 2 rings (SSSR count). The average molecular weight is 343 g/mol. The molecule has 0 saturated carbocycles. The number of benzene rings is 1. The highest BCUT2D eigenvalue weighted by Crippen LogP contribution is 2.24. The van der Waals surface area contributed by atoms with Gasteiger partial charge in [-0.05, 0) is 17.7 Å². The van der Waals surface area contributed by atoms with Gasteiger partial charge in [0, 0.05) is 19.3 Å². The Labute approximate surface area is 136 Å². The lowest BCUT2D eigenvalue weighted by atomic mass is 10.1. The number of nitrogens with one attached hydrogen (secondary N) is 1. The lowest BCUT2D eigenvalue weighted by Gasteiger charge is -2.13. The summed E-state index contributed by atoms with van der Waals surface area (Å²) in [6, 6.07) is 5.05. The van der Waals surface area contributed by atoms with Crippen molar-refractivity contribution in [2.75, 3.05) is 13.7 Å². The van der Waals surface area contributed by atoms with Gasteiger partial charge in [-0.1, -0.05) is 12.1 Å². The Morgan fingerprint density at radius 1 is 1.21 bits per heavy atom. The van der Waals surface area contributed by atoms with Crippen LogP contribution in [0.25, 0.3) is 0 Å². The molecule has 2 N–H and O–H groups in total. The molecule has 6 nitrogen and oxygen atoms in total. The van der Waals surface area contributed by atoms with E-state index in [2.05, 4.69) is 20.0 Å². The zero-order valence-electron chi connectivity index (χ0n) is 12.7. The van der Waals surface area contributed by atoms with E-state index in [0.29, 0.717) is 23.7 Å². The summed E-state index contributed by atoms with van der Waals surface area (Å²) in [5, 5.41) is 13.0. The maximum Gasteiger partial charge on any atom is 0.573 e. The van der Waals surface area contributed by atoms with Crippen molar-refractivity contribution in [2.45, 2.75) is 19.0 Å². The quantitative estimate of drug-likeness (QED) is 0.803. The highest BCUT2D eigenvalue weighted by atomic mass is 19.4. The van der Waals surface area contributed by atoms with Crippen LogP contribution in [0.3, 0.4) is 0 Å². The van der Waals surface area contributed by atoms with Gasteiger partial charge in [0.1, 0.15) is 5.75 Å². The van der Waals surface area contributed by atoms with Crippen LogP contribution in [-0.2, 0) is 6.54 Å². The number of halogens is 3. The zero-order chi connectivity index (χ0) is 17.6. The predicted octanol–water partition coefficient (Wildman–Crippen LogP) is 2.21. The first-order valence-electron chi connectivity index (χ1n) is 6.97. The van der Waals surface area contributed by atoms with E-state index in [1.165, 1.54) is 25.4 Å². The monoisotopic (exact) mass is 343 g/mol. The number of hydrogen-bond acceptors (Lipinski definition) is 6. The Balaban J connectivity index is 1.84. The summed E-state index contributed by atoms with van der Waals surface area (Å²) in [7, 11) is 1.48. The molecule has 0 aliphatic rings. The van der Waals surface area contributed by atoms with Gasteiger partial charge in [-0.2, -0.15) is 0 Å². The molecule has 0 amide bonds. The van der Waals surface area contributed by atoms with Gasteiger partial charge in [0.2, 0.25) is 5.88 Å². The van der Waals surface area contributed by atoms with Gasteiger partial charge in [-0.25, -0.2) is 4.98 Å². The lowest BCUT2D eigenvalue weighted by molar-refractivity contribution is -0.274. The number of aliphatic hydroxyl groups is 1. The first-order chi connectivity index (χ1) is 11.4. The van der Waals surface area contributed by atoms with Gasteiger partial charge in [0.15, 0.2) is 0 Å². The molecule has 1 unspecified atom stereocenters. The van der Waals surface area contributed by atoms with Crippen molar-refractivity contribution in [3.8, 4) is 11.6 Å². The van der Waals surface area contributed by atoms with Crippen molar-refractivity contribution >= 4 is 0 Å². The Morgan fingerprint density at radius 3 is 2.54 bits per heavy atom. The van der Waals surface area contributed by atoms with Crippen LogP contribution in [0.4, 0.5) is 13.2 Å². The molecule has 1 atom stereocenters. The van der Waals surface area contributed by atoms with Crippen molar-refractivity contribution in [1.82, 2.24) is 15.3 Å². The second kappa shape index (κ2) is 7.93. The molecule has 9 heteroatoms. The van der Waals surface area contributed by atoms with Gasteiger partial charge < -0.3 is 19.9 Å². The predicted molar refractivity (Wildman–Crippen MR) is 78.4 cm³/mol. The summed E-state index contributed by atoms with van der Waals surface area (Å²) in [6.07, 6.45) is -2.59. The minimum atomic E-state index is -4.74. The van der Waals surface area contributed by atoms with E-state index in [0.717, 1.165) is 12.1 Å². The molecule has 0 fully saturated rings. The third-order valence-electron chi connectivity index (χ3n) is 3.01. The average Bonchev–Trinajstić information content (AvgIpc) is 2.54. The molecule has 2 aromatic rings. The van der Waals surface area contributed by atoms with Crippen molar-refractivity contribution in [2.24, 2.45) is 0 Å². The van der Waals surface area contributed by atoms with Crippen LogP contribution in [-0.4, -0.2) is 35.1 Å². The Hall–Kier alpha value is -2.39. The van der Waals surface area contributed by atoms with Crippen LogP contribution in [0.2, 0.25) is 0 Å². The maximum atomic E-state index is 12.1. The van der Waals surface area contributed by atoms with E-state index in [4.69, 9.17) is 4.74 Å². The SMILES string of the molecule is COc1cncc(CNCC(O)c2ccc(OC(F)(F)F)cc2)n1. The standard InChI is InChI=1S/C15H16F3N3O3/c1-23-14-9-20-7-11(21-14)6-19-8-13(22)10-2-4-12(5-3-10)24-15(16,17)18/h2-5,7,9,13,19,22H,6,8H2,1H3. The summed E-state index contributed by atoms with van der Waals surface area (Å²) in [4.78, 5) is 8.11. The Kier molecular flexibility index (Phi) is 5.93. The Morgan fingerprint density at radius 2 is 1.92 bits per heavy atom. The van der Waals surface area contributed by atoms with Crippen LogP contribution in [0.15, 0.2) is 36.7 Å². The highest BCUT2D eigenvalue weighted by Gasteiger charge is 2.31. The lowest BCUT2D eigenvalue weighted by Crippen LogP contribution is -2.22. The number of rotatable bonds is 7. The van der Waals surface area contributed by atoms with E-state index in [1.807, 2.05) is 0 Å². The second-order valence-corrected chi connectivity index (χ2v) is 4.82. The van der Waals surface area contributed by atoms with Crippen LogP contribution in [0.1, 0.15) is 17.4 Å². The van der Waals surface area contributed by atoms with Crippen LogP contribution >= 0.6 is 0 Å². The summed E-state index contributed by atoms with van der Waals surface area (Å²) in [5.41, 5.74) is 1.10. The van der Waals surface area contributed by atoms with E-state index in [-0.39, 0.29) is 12.3 Å². The third-order valence-corrected chi connectivity index (χ3v) is 3.01. The summed E-state index contributed by atoms with van der Waals surface area (Å²) >= 11 is 0. The molecule has 1 heterocycles. The minimum Gasteiger partial charge on any atom is -0.480 e. The number of nitrogens with zero attached hydrogens (tertiary/aromatic N) is 2. The summed E-state index contributed by atoms with van der Waals surface area (Å²) in [5.74, 6) is 0.0492. The topological polar surface area (TPSA) is 76.5 Å². The summed E-state index contributed by atoms with van der Waals surface area (Å²) in [6.45, 7) is 0.550. The molecular formula is C15H16F3N3O3. The normalized spacial score (nSPS) is 12.7. The first-order valence-corrected chi connectivity index (χ1v) is 6.97. The number of ether oxygens (including phenoxy) is 2.